The minimum Gasteiger partial charge on any atom is -0.462 e. The summed E-state index contributed by atoms with van der Waals surface area (Å²) in [5, 5.41) is 9.53. The van der Waals surface area contributed by atoms with E-state index >= 15 is 0 Å². The topological polar surface area (TPSA) is 72.8 Å². The molecule has 0 saturated carbocycles. The zero-order valence-corrected chi connectivity index (χ0v) is 29.4. The number of rotatable bonds is 35. The summed E-state index contributed by atoms with van der Waals surface area (Å²) in [5.41, 5.74) is 0. The van der Waals surface area contributed by atoms with E-state index in [4.69, 9.17) is 9.47 Å². The maximum absolute atomic E-state index is 12.1. The molecule has 0 aromatic rings. The van der Waals surface area contributed by atoms with Crippen molar-refractivity contribution in [3.05, 3.63) is 12.2 Å². The molecule has 0 amide bonds. The van der Waals surface area contributed by atoms with E-state index in [9.17, 15) is 14.7 Å². The minimum absolute atomic E-state index is 0.0624. The highest BCUT2D eigenvalue weighted by Crippen LogP contribution is 2.14. The molecule has 44 heavy (non-hydrogen) atoms. The lowest BCUT2D eigenvalue weighted by molar-refractivity contribution is -0.161. The lowest BCUT2D eigenvalue weighted by Crippen LogP contribution is -2.28. The predicted octanol–water partition coefficient (Wildman–Crippen LogP) is 11.7. The number of carbonyl (C=O) groups is 2. The molecule has 0 saturated heterocycles. The second-order valence-corrected chi connectivity index (χ2v) is 13.0. The van der Waals surface area contributed by atoms with Gasteiger partial charge in [-0.1, -0.05) is 167 Å². The molecule has 1 atom stereocenters. The van der Waals surface area contributed by atoms with Gasteiger partial charge in [-0.25, -0.2) is 0 Å². The SMILES string of the molecule is CCCCCCCC/C=C/CCCCCCCCCC(=O)OC[C@H](CO)OC(=O)CCCCCCCCCCCCCCC. The summed E-state index contributed by atoms with van der Waals surface area (Å²) in [7, 11) is 0. The molecule has 0 aliphatic rings. The molecule has 0 fully saturated rings. The van der Waals surface area contributed by atoms with Crippen molar-refractivity contribution in [2.24, 2.45) is 0 Å². The van der Waals surface area contributed by atoms with E-state index in [2.05, 4.69) is 26.0 Å². The number of unbranched alkanes of at least 4 members (excludes halogenated alkanes) is 25. The van der Waals surface area contributed by atoms with Gasteiger partial charge in [-0.3, -0.25) is 9.59 Å². The fourth-order valence-electron chi connectivity index (χ4n) is 5.61. The average Bonchev–Trinajstić information content (AvgIpc) is 3.02. The first kappa shape index (κ1) is 42.6. The van der Waals surface area contributed by atoms with Gasteiger partial charge in [0.25, 0.3) is 0 Å². The lowest BCUT2D eigenvalue weighted by atomic mass is 10.0. The highest BCUT2D eigenvalue weighted by Gasteiger charge is 2.16. The van der Waals surface area contributed by atoms with Crippen molar-refractivity contribution in [1.29, 1.82) is 0 Å². The molecule has 0 aliphatic heterocycles. The molecule has 0 rings (SSSR count). The first-order valence-electron chi connectivity index (χ1n) is 19.2. The minimum atomic E-state index is -0.765. The number of hydrogen-bond acceptors (Lipinski definition) is 5. The van der Waals surface area contributed by atoms with Crippen LogP contribution in [0, 0.1) is 0 Å². The average molecular weight is 623 g/mol. The zero-order chi connectivity index (χ0) is 32.2. The molecule has 0 aromatic carbocycles. The normalized spacial score (nSPS) is 12.2. The van der Waals surface area contributed by atoms with Crippen molar-refractivity contribution >= 4 is 11.9 Å². The van der Waals surface area contributed by atoms with Gasteiger partial charge in [0, 0.05) is 12.8 Å². The second-order valence-electron chi connectivity index (χ2n) is 13.0. The third-order valence-corrected chi connectivity index (χ3v) is 8.56. The van der Waals surface area contributed by atoms with Crippen LogP contribution in [0.25, 0.3) is 0 Å². The van der Waals surface area contributed by atoms with E-state index in [-0.39, 0.29) is 25.2 Å². The maximum atomic E-state index is 12.1. The van der Waals surface area contributed by atoms with Crippen LogP contribution in [-0.2, 0) is 19.1 Å². The van der Waals surface area contributed by atoms with Crippen LogP contribution in [-0.4, -0.2) is 36.4 Å². The Bertz CT molecular complexity index is 632. The van der Waals surface area contributed by atoms with Gasteiger partial charge in [-0.15, -0.1) is 0 Å². The van der Waals surface area contributed by atoms with E-state index in [1.807, 2.05) is 0 Å². The Labute approximate surface area is 273 Å². The van der Waals surface area contributed by atoms with Crippen molar-refractivity contribution in [2.45, 2.75) is 213 Å². The summed E-state index contributed by atoms with van der Waals surface area (Å²) >= 11 is 0. The van der Waals surface area contributed by atoms with Gasteiger partial charge in [-0.2, -0.15) is 0 Å². The molecule has 1 N–H and O–H groups in total. The van der Waals surface area contributed by atoms with Gasteiger partial charge in [0.05, 0.1) is 6.61 Å². The van der Waals surface area contributed by atoms with Crippen molar-refractivity contribution in [3.8, 4) is 0 Å². The molecule has 0 spiro atoms. The van der Waals surface area contributed by atoms with Crippen LogP contribution < -0.4 is 0 Å². The fraction of sp³-hybridized carbons (Fsp3) is 0.897. The number of aliphatic hydroxyl groups excluding tert-OH is 1. The Hall–Kier alpha value is -1.36. The van der Waals surface area contributed by atoms with Crippen LogP contribution in [0.15, 0.2) is 12.2 Å². The molecule has 0 radical (unpaired) electrons. The Balaban J connectivity index is 3.53. The van der Waals surface area contributed by atoms with E-state index in [0.29, 0.717) is 12.8 Å². The standard InChI is InChI=1S/C39H74O5/c1-3-5-7-9-11-13-15-17-18-19-20-22-23-25-27-29-31-33-38(41)43-36-37(35-40)44-39(42)34-32-30-28-26-24-21-16-14-12-10-8-6-4-2/h17-18,37,40H,3-16,19-36H2,1-2H3/b18-17+/t37-/m0/s1. The highest BCUT2D eigenvalue weighted by atomic mass is 16.6. The predicted molar refractivity (Wildman–Crippen MR) is 187 cm³/mol. The largest absolute Gasteiger partial charge is 0.462 e. The van der Waals surface area contributed by atoms with Crippen molar-refractivity contribution in [2.75, 3.05) is 13.2 Å². The maximum Gasteiger partial charge on any atom is 0.306 e. The van der Waals surface area contributed by atoms with E-state index in [1.165, 1.54) is 141 Å². The molecular formula is C39H74O5. The smallest absolute Gasteiger partial charge is 0.306 e. The number of carbonyl (C=O) groups excluding carboxylic acids is 2. The Morgan fingerprint density at radius 2 is 0.841 bits per heavy atom. The van der Waals surface area contributed by atoms with Crippen molar-refractivity contribution in [1.82, 2.24) is 0 Å². The van der Waals surface area contributed by atoms with Crippen LogP contribution in [0.3, 0.4) is 0 Å². The monoisotopic (exact) mass is 623 g/mol. The third-order valence-electron chi connectivity index (χ3n) is 8.56. The van der Waals surface area contributed by atoms with Gasteiger partial charge < -0.3 is 14.6 Å². The summed E-state index contributed by atoms with van der Waals surface area (Å²) in [4.78, 5) is 24.2. The van der Waals surface area contributed by atoms with Crippen molar-refractivity contribution < 1.29 is 24.2 Å². The van der Waals surface area contributed by atoms with Crippen LogP contribution in [0.5, 0.6) is 0 Å². The molecule has 0 heterocycles. The summed E-state index contributed by atoms with van der Waals surface area (Å²) in [6.07, 6.45) is 39.8. The van der Waals surface area contributed by atoms with Crippen molar-refractivity contribution in [3.63, 3.8) is 0 Å². The third kappa shape index (κ3) is 33.5. The number of hydrogen-bond donors (Lipinski definition) is 1. The highest BCUT2D eigenvalue weighted by molar-refractivity contribution is 5.70. The van der Waals surface area contributed by atoms with Crippen LogP contribution in [0.2, 0.25) is 0 Å². The molecule has 5 heteroatoms. The van der Waals surface area contributed by atoms with Crippen LogP contribution >= 0.6 is 0 Å². The van der Waals surface area contributed by atoms with E-state index in [0.717, 1.165) is 38.5 Å². The zero-order valence-electron chi connectivity index (χ0n) is 29.4. The first-order chi connectivity index (χ1) is 21.6. The molecular weight excluding hydrogens is 548 g/mol. The molecule has 5 nitrogen and oxygen atoms in total. The molecule has 0 aliphatic carbocycles. The van der Waals surface area contributed by atoms with Gasteiger partial charge in [0.15, 0.2) is 6.10 Å². The number of aliphatic hydroxyl groups is 1. The quantitative estimate of drug-likeness (QED) is 0.0432. The van der Waals surface area contributed by atoms with Gasteiger partial charge in [0.2, 0.25) is 0 Å². The summed E-state index contributed by atoms with van der Waals surface area (Å²) < 4.78 is 10.6. The number of ether oxygens (including phenoxy) is 2. The molecule has 260 valence electrons. The second kappa shape index (κ2) is 36.1. The Morgan fingerprint density at radius 3 is 1.23 bits per heavy atom. The Kier molecular flexibility index (Phi) is 35.0. The summed E-state index contributed by atoms with van der Waals surface area (Å²) in [6, 6.07) is 0. The van der Waals surface area contributed by atoms with E-state index in [1.54, 1.807) is 0 Å². The van der Waals surface area contributed by atoms with Crippen LogP contribution in [0.4, 0.5) is 0 Å². The molecule has 0 unspecified atom stereocenters. The number of allylic oxidation sites excluding steroid dienone is 2. The van der Waals surface area contributed by atoms with Gasteiger partial charge >= 0.3 is 11.9 Å². The van der Waals surface area contributed by atoms with Crippen LogP contribution in [0.1, 0.15) is 206 Å². The lowest BCUT2D eigenvalue weighted by Gasteiger charge is -2.15. The molecule has 0 aromatic heterocycles. The van der Waals surface area contributed by atoms with E-state index < -0.39 is 6.10 Å². The summed E-state index contributed by atoms with van der Waals surface area (Å²) in [5.74, 6) is -0.587. The summed E-state index contributed by atoms with van der Waals surface area (Å²) in [6.45, 7) is 4.14. The fourth-order valence-corrected chi connectivity index (χ4v) is 5.61. The van der Waals surface area contributed by atoms with Gasteiger partial charge in [0.1, 0.15) is 6.61 Å². The molecule has 0 bridgehead atoms. The van der Waals surface area contributed by atoms with Gasteiger partial charge in [-0.05, 0) is 38.5 Å². The number of esters is 2. The Morgan fingerprint density at radius 1 is 0.500 bits per heavy atom. The first-order valence-corrected chi connectivity index (χ1v) is 19.2.